The smallest absolute Gasteiger partial charge is 0.261 e. The van der Waals surface area contributed by atoms with Crippen molar-refractivity contribution in [2.45, 2.75) is 25.3 Å². The number of amides is 1. The lowest BCUT2D eigenvalue weighted by Crippen LogP contribution is -2.40. The lowest BCUT2D eigenvalue weighted by molar-refractivity contribution is 0.0609. The van der Waals surface area contributed by atoms with Gasteiger partial charge in [0.25, 0.3) is 11.5 Å². The largest absolute Gasteiger partial charge is 0.497 e. The summed E-state index contributed by atoms with van der Waals surface area (Å²) in [4.78, 5) is 30.5. The molecule has 5 heteroatoms. The number of aromatic amines is 1. The molecule has 0 unspecified atom stereocenters. The second kappa shape index (κ2) is 7.27. The molecule has 1 N–H and O–H groups in total. The lowest BCUT2D eigenvalue weighted by Gasteiger charge is -2.36. The number of nitrogens with zero attached hydrogens (tertiary/aromatic N) is 1. The Labute approximate surface area is 157 Å². The summed E-state index contributed by atoms with van der Waals surface area (Å²) in [5.41, 5.74) is 1.64. The highest BCUT2D eigenvalue weighted by Crippen LogP contribution is 2.33. The fraction of sp³-hybridized carbons (Fsp3) is 0.273. The Balaban J connectivity index is 1.72. The first-order valence-corrected chi connectivity index (χ1v) is 9.24. The minimum atomic E-state index is -0.339. The summed E-state index contributed by atoms with van der Waals surface area (Å²) in [7, 11) is 1.64. The SMILES string of the molecule is COc1cccc([C@H]2CCCCN2C(=O)c2cc3ccccc3[nH]c2=O)c1. The molecule has 2 heterocycles. The maximum Gasteiger partial charge on any atom is 0.261 e. The number of pyridine rings is 1. The van der Waals surface area contributed by atoms with Gasteiger partial charge >= 0.3 is 0 Å². The van der Waals surface area contributed by atoms with Crippen molar-refractivity contribution >= 4 is 16.8 Å². The van der Waals surface area contributed by atoms with Gasteiger partial charge in [-0.3, -0.25) is 9.59 Å². The molecule has 1 aliphatic heterocycles. The number of aromatic nitrogens is 1. The molecule has 1 amide bonds. The zero-order valence-corrected chi connectivity index (χ0v) is 15.3. The van der Waals surface area contributed by atoms with Crippen molar-refractivity contribution in [1.82, 2.24) is 9.88 Å². The third kappa shape index (κ3) is 3.33. The zero-order chi connectivity index (χ0) is 18.8. The molecule has 0 radical (unpaired) electrons. The lowest BCUT2D eigenvalue weighted by atomic mass is 9.94. The van der Waals surface area contributed by atoms with Crippen LogP contribution in [0, 0.1) is 0 Å². The maximum absolute atomic E-state index is 13.3. The van der Waals surface area contributed by atoms with E-state index < -0.39 is 0 Å². The number of fused-ring (bicyclic) bond motifs is 1. The molecular weight excluding hydrogens is 340 g/mol. The zero-order valence-electron chi connectivity index (χ0n) is 15.3. The fourth-order valence-corrected chi connectivity index (χ4v) is 3.83. The van der Waals surface area contributed by atoms with Crippen molar-refractivity contribution < 1.29 is 9.53 Å². The summed E-state index contributed by atoms with van der Waals surface area (Å²) >= 11 is 0. The van der Waals surface area contributed by atoms with Crippen LogP contribution in [0.15, 0.2) is 59.4 Å². The van der Waals surface area contributed by atoms with E-state index in [2.05, 4.69) is 4.98 Å². The van der Waals surface area contributed by atoms with Crippen LogP contribution < -0.4 is 10.3 Å². The van der Waals surface area contributed by atoms with Crippen molar-refractivity contribution in [3.8, 4) is 5.75 Å². The van der Waals surface area contributed by atoms with Crippen LogP contribution in [0.3, 0.4) is 0 Å². The molecule has 0 aliphatic carbocycles. The van der Waals surface area contributed by atoms with Gasteiger partial charge in [-0.2, -0.15) is 0 Å². The van der Waals surface area contributed by atoms with Crippen molar-refractivity contribution in [2.75, 3.05) is 13.7 Å². The van der Waals surface area contributed by atoms with E-state index >= 15 is 0 Å². The summed E-state index contributed by atoms with van der Waals surface area (Å²) in [5, 5.41) is 0.857. The Morgan fingerprint density at radius 3 is 2.81 bits per heavy atom. The Morgan fingerprint density at radius 2 is 1.96 bits per heavy atom. The summed E-state index contributed by atoms with van der Waals surface area (Å²) in [6, 6.07) is 17.0. The number of H-pyrrole nitrogens is 1. The summed E-state index contributed by atoms with van der Waals surface area (Å²) in [5.74, 6) is 0.559. The first-order chi connectivity index (χ1) is 13.2. The Bertz CT molecular complexity index is 1040. The molecule has 3 aromatic rings. The molecule has 0 saturated carbocycles. The second-order valence-corrected chi connectivity index (χ2v) is 6.89. The van der Waals surface area contributed by atoms with Gasteiger partial charge in [0, 0.05) is 12.1 Å². The highest BCUT2D eigenvalue weighted by molar-refractivity contribution is 5.97. The Hall–Kier alpha value is -3.08. The molecule has 4 rings (SSSR count). The number of piperidine rings is 1. The van der Waals surface area contributed by atoms with E-state index in [9.17, 15) is 9.59 Å². The molecule has 1 aromatic heterocycles. The number of hydrogen-bond acceptors (Lipinski definition) is 3. The quantitative estimate of drug-likeness (QED) is 0.768. The number of carbonyl (C=O) groups is 1. The molecule has 1 aliphatic rings. The molecule has 1 fully saturated rings. The fourth-order valence-electron chi connectivity index (χ4n) is 3.83. The highest BCUT2D eigenvalue weighted by Gasteiger charge is 2.30. The first-order valence-electron chi connectivity index (χ1n) is 9.24. The van der Waals surface area contributed by atoms with Gasteiger partial charge in [0.2, 0.25) is 0 Å². The molecule has 5 nitrogen and oxygen atoms in total. The van der Waals surface area contributed by atoms with Crippen LogP contribution in [0.2, 0.25) is 0 Å². The number of methoxy groups -OCH3 is 1. The highest BCUT2D eigenvalue weighted by atomic mass is 16.5. The molecule has 1 atom stereocenters. The van der Waals surface area contributed by atoms with E-state index in [1.165, 1.54) is 0 Å². The minimum absolute atomic E-state index is 0.0489. The van der Waals surface area contributed by atoms with Crippen molar-refractivity contribution in [3.63, 3.8) is 0 Å². The van der Waals surface area contributed by atoms with Crippen molar-refractivity contribution in [2.24, 2.45) is 0 Å². The van der Waals surface area contributed by atoms with Crippen molar-refractivity contribution in [3.05, 3.63) is 76.1 Å². The molecular formula is C22H22N2O3. The normalized spacial score (nSPS) is 17.1. The standard InChI is InChI=1S/C22H22N2O3/c1-27-17-9-6-8-16(13-17)20-11-4-5-12-24(20)22(26)18-14-15-7-2-3-10-19(15)23-21(18)25/h2-3,6-10,13-14,20H,4-5,11-12H2,1H3,(H,23,25)/t20-/m1/s1. The van der Waals surface area contributed by atoms with Gasteiger partial charge in [0.1, 0.15) is 11.3 Å². The van der Waals surface area contributed by atoms with Gasteiger partial charge in [-0.15, -0.1) is 0 Å². The van der Waals surface area contributed by atoms with Gasteiger partial charge in [-0.25, -0.2) is 0 Å². The van der Waals surface area contributed by atoms with Crippen LogP contribution in [-0.2, 0) is 0 Å². The number of carbonyl (C=O) groups excluding carboxylic acids is 1. The van der Waals surface area contributed by atoms with Gasteiger partial charge in [-0.05, 0) is 54.5 Å². The predicted octanol–water partition coefficient (Wildman–Crippen LogP) is 3.90. The second-order valence-electron chi connectivity index (χ2n) is 6.89. The minimum Gasteiger partial charge on any atom is -0.497 e. The van der Waals surface area contributed by atoms with Crippen LogP contribution in [0.5, 0.6) is 5.75 Å². The predicted molar refractivity (Wildman–Crippen MR) is 105 cm³/mol. The van der Waals surface area contributed by atoms with E-state index in [-0.39, 0.29) is 23.1 Å². The third-order valence-electron chi connectivity index (χ3n) is 5.23. The number of benzene rings is 2. The van der Waals surface area contributed by atoms with Crippen LogP contribution in [-0.4, -0.2) is 29.4 Å². The topological polar surface area (TPSA) is 62.4 Å². The molecule has 138 valence electrons. The van der Waals surface area contributed by atoms with Gasteiger partial charge in [0.15, 0.2) is 0 Å². The van der Waals surface area contributed by atoms with Gasteiger partial charge in [-0.1, -0.05) is 30.3 Å². The number of nitrogens with one attached hydrogen (secondary N) is 1. The Kier molecular flexibility index (Phi) is 4.67. The number of para-hydroxylation sites is 1. The molecule has 0 spiro atoms. The van der Waals surface area contributed by atoms with Crippen LogP contribution >= 0.6 is 0 Å². The molecule has 2 aromatic carbocycles. The number of hydrogen-bond donors (Lipinski definition) is 1. The number of likely N-dealkylation sites (tertiary alicyclic amines) is 1. The van der Waals surface area contributed by atoms with Crippen molar-refractivity contribution in [1.29, 1.82) is 0 Å². The molecule has 27 heavy (non-hydrogen) atoms. The molecule has 1 saturated heterocycles. The number of rotatable bonds is 3. The van der Waals surface area contributed by atoms with Crippen LogP contribution in [0.1, 0.15) is 41.2 Å². The summed E-state index contributed by atoms with van der Waals surface area (Å²) < 4.78 is 5.33. The molecule has 0 bridgehead atoms. The van der Waals surface area contributed by atoms with E-state index in [4.69, 9.17) is 4.74 Å². The van der Waals surface area contributed by atoms with Gasteiger partial charge < -0.3 is 14.6 Å². The van der Waals surface area contributed by atoms with Crippen LogP contribution in [0.25, 0.3) is 10.9 Å². The summed E-state index contributed by atoms with van der Waals surface area (Å²) in [6.07, 6.45) is 2.88. The Morgan fingerprint density at radius 1 is 1.11 bits per heavy atom. The third-order valence-corrected chi connectivity index (χ3v) is 5.23. The monoisotopic (exact) mass is 362 g/mol. The van der Waals surface area contributed by atoms with E-state index in [0.29, 0.717) is 6.54 Å². The van der Waals surface area contributed by atoms with E-state index in [1.807, 2.05) is 53.4 Å². The van der Waals surface area contributed by atoms with E-state index in [0.717, 1.165) is 41.5 Å². The summed E-state index contributed by atoms with van der Waals surface area (Å²) in [6.45, 7) is 0.646. The van der Waals surface area contributed by atoms with E-state index in [1.54, 1.807) is 13.2 Å². The van der Waals surface area contributed by atoms with Gasteiger partial charge in [0.05, 0.1) is 13.2 Å². The maximum atomic E-state index is 13.3. The number of ether oxygens (including phenoxy) is 1. The average Bonchev–Trinajstić information content (AvgIpc) is 2.73. The average molecular weight is 362 g/mol. The van der Waals surface area contributed by atoms with Crippen LogP contribution in [0.4, 0.5) is 0 Å². The first kappa shape index (κ1) is 17.3.